The number of rotatable bonds is 8. The van der Waals surface area contributed by atoms with Gasteiger partial charge in [-0.1, -0.05) is 48.5 Å². The first-order valence-electron chi connectivity index (χ1n) is 14.0. The van der Waals surface area contributed by atoms with Gasteiger partial charge >= 0.3 is 5.97 Å². The second-order valence-corrected chi connectivity index (χ2v) is 11.0. The number of fused-ring (bicyclic) bond motifs is 1. The van der Waals surface area contributed by atoms with Crippen LogP contribution in [0.4, 0.5) is 11.4 Å². The van der Waals surface area contributed by atoms with Crippen molar-refractivity contribution in [2.45, 2.75) is 37.8 Å². The number of anilines is 2. The summed E-state index contributed by atoms with van der Waals surface area (Å²) in [6.45, 7) is 4.18. The standard InChI is InChI=1S/C32H34N4O4.ClH/c37-29-21-26-7-4-5-10-28(26)35(29)18-6-17-33-19-15-32(16-20-33)31(40)34(23-36(32)27-8-2-1-3-9-27)22-24-11-13-25(14-12-24)30(38)39;/h1-5,7-14H,6,15-23H2,(H,38,39);1H. The first-order valence-corrected chi connectivity index (χ1v) is 14.0. The fourth-order valence-electron chi connectivity index (χ4n) is 6.46. The van der Waals surface area contributed by atoms with Crippen LogP contribution in [-0.4, -0.2) is 71.1 Å². The number of para-hydroxylation sites is 2. The zero-order valence-electron chi connectivity index (χ0n) is 22.9. The summed E-state index contributed by atoms with van der Waals surface area (Å²) < 4.78 is 0. The molecule has 3 aromatic carbocycles. The van der Waals surface area contributed by atoms with Crippen molar-refractivity contribution in [1.29, 1.82) is 0 Å². The number of carbonyl (C=O) groups is 3. The summed E-state index contributed by atoms with van der Waals surface area (Å²) in [5, 5.41) is 9.22. The van der Waals surface area contributed by atoms with Gasteiger partial charge in [0.2, 0.25) is 11.8 Å². The smallest absolute Gasteiger partial charge is 0.335 e. The number of amides is 2. The molecule has 214 valence electrons. The fourth-order valence-corrected chi connectivity index (χ4v) is 6.46. The number of hydrogen-bond acceptors (Lipinski definition) is 5. The van der Waals surface area contributed by atoms with E-state index in [0.29, 0.717) is 26.2 Å². The van der Waals surface area contributed by atoms with E-state index in [0.717, 1.165) is 61.4 Å². The topological polar surface area (TPSA) is 84.4 Å². The molecular formula is C32H35ClN4O4. The molecule has 3 aliphatic heterocycles. The fraction of sp³-hybridized carbons (Fsp3) is 0.344. The van der Waals surface area contributed by atoms with Gasteiger partial charge in [-0.25, -0.2) is 4.79 Å². The highest BCUT2D eigenvalue weighted by atomic mass is 35.5. The molecule has 2 saturated heterocycles. The average Bonchev–Trinajstić information content (AvgIpc) is 3.43. The molecule has 0 atom stereocenters. The Morgan fingerprint density at radius 1 is 0.854 bits per heavy atom. The summed E-state index contributed by atoms with van der Waals surface area (Å²) in [6.07, 6.45) is 2.85. The van der Waals surface area contributed by atoms with Crippen LogP contribution in [0.2, 0.25) is 0 Å². The molecule has 2 amide bonds. The molecule has 0 aliphatic carbocycles. The summed E-state index contributed by atoms with van der Waals surface area (Å²) in [5.41, 5.74) is 3.75. The molecule has 1 spiro atoms. The van der Waals surface area contributed by atoms with E-state index >= 15 is 0 Å². The van der Waals surface area contributed by atoms with Crippen LogP contribution in [0.3, 0.4) is 0 Å². The highest BCUT2D eigenvalue weighted by Gasteiger charge is 2.53. The Bertz CT molecular complexity index is 1410. The zero-order chi connectivity index (χ0) is 27.7. The molecule has 1 N–H and O–H groups in total. The normalized spacial score (nSPS) is 18.1. The Kier molecular flexibility index (Phi) is 8.33. The maximum atomic E-state index is 14.0. The first kappa shape index (κ1) is 28.6. The third kappa shape index (κ3) is 5.54. The molecule has 0 unspecified atom stereocenters. The second-order valence-electron chi connectivity index (χ2n) is 11.0. The maximum Gasteiger partial charge on any atom is 0.335 e. The Balaban J connectivity index is 0.00000337. The van der Waals surface area contributed by atoms with Gasteiger partial charge in [-0.05, 0) is 67.3 Å². The van der Waals surface area contributed by atoms with Crippen molar-refractivity contribution in [2.24, 2.45) is 0 Å². The molecule has 8 nitrogen and oxygen atoms in total. The lowest BCUT2D eigenvalue weighted by Gasteiger charge is -2.43. The predicted molar refractivity (Wildman–Crippen MR) is 161 cm³/mol. The van der Waals surface area contributed by atoms with Gasteiger partial charge in [0.15, 0.2) is 0 Å². The lowest BCUT2D eigenvalue weighted by atomic mass is 9.85. The number of halogens is 1. The van der Waals surface area contributed by atoms with Gasteiger partial charge in [0.25, 0.3) is 0 Å². The molecule has 0 radical (unpaired) electrons. The molecule has 6 rings (SSSR count). The number of aromatic carboxylic acids is 1. The Morgan fingerprint density at radius 3 is 2.24 bits per heavy atom. The summed E-state index contributed by atoms with van der Waals surface area (Å²) in [7, 11) is 0. The molecule has 0 aromatic heterocycles. The number of benzene rings is 3. The lowest BCUT2D eigenvalue weighted by molar-refractivity contribution is -0.134. The minimum Gasteiger partial charge on any atom is -0.478 e. The number of carboxylic acid groups (broad SMARTS) is 1. The summed E-state index contributed by atoms with van der Waals surface area (Å²) in [4.78, 5) is 46.3. The first-order chi connectivity index (χ1) is 19.4. The molecular weight excluding hydrogens is 540 g/mol. The van der Waals surface area contributed by atoms with Crippen molar-refractivity contribution in [2.75, 3.05) is 42.6 Å². The monoisotopic (exact) mass is 574 g/mol. The van der Waals surface area contributed by atoms with Gasteiger partial charge in [-0.2, -0.15) is 0 Å². The predicted octanol–water partition coefficient (Wildman–Crippen LogP) is 4.43. The summed E-state index contributed by atoms with van der Waals surface area (Å²) >= 11 is 0. The van der Waals surface area contributed by atoms with Crippen molar-refractivity contribution in [3.63, 3.8) is 0 Å². The van der Waals surface area contributed by atoms with Crippen molar-refractivity contribution in [1.82, 2.24) is 9.80 Å². The van der Waals surface area contributed by atoms with E-state index in [1.807, 2.05) is 52.3 Å². The SMILES string of the molecule is Cl.O=C(O)c1ccc(CN2CN(c3ccccc3)C3(CCN(CCCN4C(=O)Cc5ccccc54)CC3)C2=O)cc1. The minimum absolute atomic E-state index is 0. The van der Waals surface area contributed by atoms with Gasteiger partial charge < -0.3 is 24.7 Å². The summed E-state index contributed by atoms with van der Waals surface area (Å²) in [5.74, 6) is -0.647. The van der Waals surface area contributed by atoms with E-state index < -0.39 is 11.5 Å². The van der Waals surface area contributed by atoms with Gasteiger partial charge in [0, 0.05) is 37.6 Å². The van der Waals surface area contributed by atoms with Crippen LogP contribution in [0.1, 0.15) is 40.7 Å². The van der Waals surface area contributed by atoms with Gasteiger partial charge in [-0.3, -0.25) is 9.59 Å². The van der Waals surface area contributed by atoms with Crippen LogP contribution in [0.25, 0.3) is 0 Å². The highest BCUT2D eigenvalue weighted by Crippen LogP contribution is 2.40. The largest absolute Gasteiger partial charge is 0.478 e. The third-order valence-corrected chi connectivity index (χ3v) is 8.62. The van der Waals surface area contributed by atoms with E-state index in [-0.39, 0.29) is 29.8 Å². The van der Waals surface area contributed by atoms with E-state index in [9.17, 15) is 19.5 Å². The van der Waals surface area contributed by atoms with Gasteiger partial charge in [0.1, 0.15) is 5.54 Å². The van der Waals surface area contributed by atoms with Crippen molar-refractivity contribution in [3.05, 3.63) is 95.6 Å². The quantitative estimate of drug-likeness (QED) is 0.429. The van der Waals surface area contributed by atoms with Crippen LogP contribution in [0.15, 0.2) is 78.9 Å². The van der Waals surface area contributed by atoms with E-state index in [4.69, 9.17) is 0 Å². The maximum absolute atomic E-state index is 14.0. The Morgan fingerprint density at radius 2 is 1.54 bits per heavy atom. The number of carboxylic acids is 1. The highest BCUT2D eigenvalue weighted by molar-refractivity contribution is 6.01. The van der Waals surface area contributed by atoms with Crippen LogP contribution < -0.4 is 9.80 Å². The summed E-state index contributed by atoms with van der Waals surface area (Å²) in [6, 6.07) is 24.9. The molecule has 3 aliphatic rings. The van der Waals surface area contributed by atoms with Gasteiger partial charge in [0.05, 0.1) is 18.7 Å². The van der Waals surface area contributed by atoms with Gasteiger partial charge in [-0.15, -0.1) is 12.4 Å². The molecule has 41 heavy (non-hydrogen) atoms. The Labute approximate surface area is 246 Å². The third-order valence-electron chi connectivity index (χ3n) is 8.62. The van der Waals surface area contributed by atoms with E-state index in [2.05, 4.69) is 21.9 Å². The molecule has 3 heterocycles. The number of carbonyl (C=O) groups excluding carboxylic acids is 2. The number of hydrogen-bond donors (Lipinski definition) is 1. The van der Waals surface area contributed by atoms with E-state index in [1.165, 1.54) is 0 Å². The molecule has 2 fully saturated rings. The van der Waals surface area contributed by atoms with Crippen molar-refractivity contribution < 1.29 is 19.5 Å². The Hall–Kier alpha value is -3.88. The van der Waals surface area contributed by atoms with Crippen LogP contribution in [0.5, 0.6) is 0 Å². The molecule has 0 bridgehead atoms. The lowest BCUT2D eigenvalue weighted by Crippen LogP contribution is -2.56. The number of nitrogens with zero attached hydrogens (tertiary/aromatic N) is 4. The number of piperidine rings is 1. The second kappa shape index (κ2) is 11.9. The van der Waals surface area contributed by atoms with Crippen LogP contribution in [-0.2, 0) is 22.6 Å². The minimum atomic E-state index is -0.957. The molecule has 0 saturated carbocycles. The van der Waals surface area contributed by atoms with Crippen LogP contribution >= 0.6 is 12.4 Å². The van der Waals surface area contributed by atoms with Crippen LogP contribution in [0, 0.1) is 0 Å². The van der Waals surface area contributed by atoms with Crippen molar-refractivity contribution >= 4 is 41.6 Å². The van der Waals surface area contributed by atoms with E-state index in [1.54, 1.807) is 24.3 Å². The number of likely N-dealkylation sites (tertiary alicyclic amines) is 1. The van der Waals surface area contributed by atoms with Crippen molar-refractivity contribution in [3.8, 4) is 0 Å². The zero-order valence-corrected chi connectivity index (χ0v) is 23.8. The average molecular weight is 575 g/mol. The molecule has 9 heteroatoms. The molecule has 3 aromatic rings.